The van der Waals surface area contributed by atoms with E-state index in [1.165, 1.54) is 33.3 Å². The summed E-state index contributed by atoms with van der Waals surface area (Å²) in [5, 5.41) is 24.3. The molecule has 0 spiro atoms. The molecule has 91 heavy (non-hydrogen) atoms. The lowest BCUT2D eigenvalue weighted by Crippen LogP contribution is -2.30. The predicted molar refractivity (Wildman–Crippen MR) is 364 cm³/mol. The van der Waals surface area contributed by atoms with E-state index < -0.39 is 0 Å². The smallest absolute Gasteiger partial charge is 0.255 e. The Morgan fingerprint density at radius 1 is 0.440 bits per heavy atom. The summed E-state index contributed by atoms with van der Waals surface area (Å²) in [6, 6.07) is 63.4. The van der Waals surface area contributed by atoms with Crippen molar-refractivity contribution in [2.75, 3.05) is 41.7 Å². The predicted octanol–water partition coefficient (Wildman–Crippen LogP) is 16.0. The van der Waals surface area contributed by atoms with E-state index in [4.69, 9.17) is 18.9 Å². The Labute approximate surface area is 537 Å². The van der Waals surface area contributed by atoms with E-state index >= 15 is 4.79 Å². The Kier molecular flexibility index (Phi) is 15.0. The standard InChI is InChI=1S/C39H33BrN2O4.C39H34N2O4.H2/c1-45-27-13-8-23(9-14-27)37(24-10-15-28(46-2)16-11-24)42-22-32-35-30-21-26(40)12-17-33(30)41(18-5-19-43)38(35)31-20-25-6-3-4-7-29(25)34(31)36(32)39(42)44;1-44-27-16-12-24(13-17-27)37(25-14-18-28(45-2)19-15-25)41-23-32-35-30-10-5-6-11-33(30)40(20-7-21-42)38(35)31-22-26-8-3-4-9-29(26)34(31)36(32)39(41)43;/h3-4,6-17,21,37,43H,5,18-20,22H2,1-2H3;3-6,8-19,37,42H,7,20-23H2,1-2H3;1H. The second kappa shape index (κ2) is 23.6. The Morgan fingerprint density at radius 2 is 0.813 bits per heavy atom. The van der Waals surface area contributed by atoms with Crippen LogP contribution in [0.2, 0.25) is 0 Å². The lowest BCUT2D eigenvalue weighted by Gasteiger charge is -2.29. The number of rotatable bonds is 16. The first-order valence-electron chi connectivity index (χ1n) is 31.1. The topological polar surface area (TPSA) is 128 Å². The van der Waals surface area contributed by atoms with Crippen molar-refractivity contribution in [1.29, 1.82) is 0 Å². The van der Waals surface area contributed by atoms with Gasteiger partial charge in [0.05, 0.1) is 62.7 Å². The zero-order valence-electron chi connectivity index (χ0n) is 51.1. The number of nitrogens with zero attached hydrogens (tertiary/aromatic N) is 4. The van der Waals surface area contributed by atoms with Crippen molar-refractivity contribution in [3.05, 3.63) is 259 Å². The zero-order chi connectivity index (χ0) is 62.2. The highest BCUT2D eigenvalue weighted by molar-refractivity contribution is 9.10. The van der Waals surface area contributed by atoms with Gasteiger partial charge in [0.15, 0.2) is 0 Å². The molecular weight excluding hydrogens is 1200 g/mol. The van der Waals surface area contributed by atoms with E-state index in [0.717, 1.165) is 140 Å². The molecule has 4 aliphatic rings. The number of fused-ring (bicyclic) bond motifs is 20. The molecule has 2 amide bonds. The van der Waals surface area contributed by atoms with Gasteiger partial charge in [-0.05, 0) is 152 Å². The molecule has 2 aliphatic carbocycles. The van der Waals surface area contributed by atoms with E-state index in [0.29, 0.717) is 39.0 Å². The van der Waals surface area contributed by atoms with Crippen molar-refractivity contribution in [3.63, 3.8) is 0 Å². The van der Waals surface area contributed by atoms with E-state index in [1.54, 1.807) is 28.4 Å². The van der Waals surface area contributed by atoms with Gasteiger partial charge in [-0.2, -0.15) is 0 Å². The van der Waals surface area contributed by atoms with Crippen molar-refractivity contribution >= 4 is 71.4 Å². The second-order valence-corrected chi connectivity index (χ2v) is 24.8. The third-order valence-electron chi connectivity index (χ3n) is 19.2. The van der Waals surface area contributed by atoms with Crippen LogP contribution in [0.3, 0.4) is 0 Å². The van der Waals surface area contributed by atoms with Crippen LogP contribution in [0.5, 0.6) is 23.0 Å². The molecule has 10 aromatic carbocycles. The van der Waals surface area contributed by atoms with E-state index in [9.17, 15) is 15.0 Å². The number of halogens is 1. The highest BCUT2D eigenvalue weighted by atomic mass is 79.9. The molecule has 12 aromatic rings. The number of hydrogen-bond donors (Lipinski definition) is 2. The molecule has 13 heteroatoms. The third-order valence-corrected chi connectivity index (χ3v) is 19.7. The monoisotopic (exact) mass is 1270 g/mol. The maximum atomic E-state index is 15.1. The first-order valence-corrected chi connectivity index (χ1v) is 31.9. The van der Waals surface area contributed by atoms with Crippen LogP contribution in [0.1, 0.15) is 103 Å². The second-order valence-electron chi connectivity index (χ2n) is 23.9. The number of amides is 2. The summed E-state index contributed by atoms with van der Waals surface area (Å²) in [5.74, 6) is 3.16. The SMILES string of the molecule is COc1ccc(C(c2ccc(OC)cc2)N2Cc3c(c4c(c5c3c3cc(Br)ccc3n5CCCO)Cc3ccccc3-4)C2=O)cc1.COc1ccc(C(c2ccc(OC)cc2)N2Cc3c(c4c(c5c3c3ccccc3n5CCCO)Cc3ccccc3-4)C2=O)cc1.[HH]. The van der Waals surface area contributed by atoms with Crippen LogP contribution in [-0.4, -0.2) is 82.6 Å². The number of methoxy groups -OCH3 is 4. The number of carbonyl (C=O) groups excluding carboxylic acids is 2. The van der Waals surface area contributed by atoms with Crippen LogP contribution in [0.4, 0.5) is 0 Å². The number of aliphatic hydroxyl groups is 2. The minimum Gasteiger partial charge on any atom is -0.497 e. The van der Waals surface area contributed by atoms with E-state index in [1.807, 2.05) is 58.3 Å². The summed E-state index contributed by atoms with van der Waals surface area (Å²) in [6.45, 7) is 2.59. The molecule has 0 saturated carbocycles. The third kappa shape index (κ3) is 9.46. The van der Waals surface area contributed by atoms with Gasteiger partial charge in [-0.1, -0.05) is 131 Å². The summed E-state index contributed by atoms with van der Waals surface area (Å²) in [5.41, 5.74) is 21.7. The molecule has 0 atom stereocenters. The van der Waals surface area contributed by atoms with Crippen LogP contribution in [0.15, 0.2) is 193 Å². The van der Waals surface area contributed by atoms with Crippen molar-refractivity contribution in [1.82, 2.24) is 18.9 Å². The summed E-state index contributed by atoms with van der Waals surface area (Å²) < 4.78 is 27.6. The fourth-order valence-electron chi connectivity index (χ4n) is 15.3. The van der Waals surface area contributed by atoms with Crippen LogP contribution < -0.4 is 18.9 Å². The maximum Gasteiger partial charge on any atom is 0.255 e. The number of aliphatic hydroxyl groups excluding tert-OH is 2. The Balaban J connectivity index is 0.000000158. The van der Waals surface area contributed by atoms with E-state index in [-0.39, 0.29) is 38.5 Å². The molecule has 2 N–H and O–H groups in total. The number of para-hydroxylation sites is 1. The number of hydrogen-bond acceptors (Lipinski definition) is 8. The van der Waals surface area contributed by atoms with E-state index in [2.05, 4.69) is 165 Å². The van der Waals surface area contributed by atoms with Crippen LogP contribution >= 0.6 is 15.9 Å². The molecule has 0 fully saturated rings. The summed E-state index contributed by atoms with van der Waals surface area (Å²) in [4.78, 5) is 34.1. The molecule has 2 aromatic heterocycles. The van der Waals surface area contributed by atoms with Gasteiger partial charge in [0.1, 0.15) is 23.0 Å². The molecule has 0 bridgehead atoms. The lowest BCUT2D eigenvalue weighted by atomic mass is 9.92. The van der Waals surface area contributed by atoms with Crippen LogP contribution in [0, 0.1) is 0 Å². The molecule has 16 rings (SSSR count). The Bertz CT molecular complexity index is 4770. The van der Waals surface area contributed by atoms with Crippen molar-refractivity contribution in [2.45, 2.75) is 63.9 Å². The van der Waals surface area contributed by atoms with Gasteiger partial charge in [0.2, 0.25) is 0 Å². The fraction of sp³-hybridized carbons (Fsp3) is 0.205. The number of benzene rings is 10. The molecule has 0 saturated heterocycles. The van der Waals surface area contributed by atoms with Gasteiger partial charge >= 0.3 is 0 Å². The van der Waals surface area contributed by atoms with Gasteiger partial charge < -0.3 is 48.1 Å². The molecular formula is C78H69BrN4O8. The number of carbonyl (C=O) groups is 2. The average Bonchev–Trinajstić information content (AvgIpc) is 1.54. The van der Waals surface area contributed by atoms with Crippen molar-refractivity contribution in [3.8, 4) is 45.3 Å². The minimum absolute atomic E-state index is 0. The zero-order valence-corrected chi connectivity index (χ0v) is 52.7. The maximum absolute atomic E-state index is 15.1. The number of aryl methyl sites for hydroxylation is 2. The van der Waals surface area contributed by atoms with Crippen LogP contribution in [0.25, 0.3) is 65.9 Å². The van der Waals surface area contributed by atoms with Gasteiger partial charge in [-0.25, -0.2) is 0 Å². The lowest BCUT2D eigenvalue weighted by molar-refractivity contribution is 0.0724. The van der Waals surface area contributed by atoms with Crippen molar-refractivity contribution in [2.24, 2.45) is 0 Å². The molecule has 0 unspecified atom stereocenters. The Hall–Kier alpha value is -9.66. The Morgan fingerprint density at radius 3 is 1.22 bits per heavy atom. The molecule has 2 aliphatic heterocycles. The molecule has 456 valence electrons. The van der Waals surface area contributed by atoms with Gasteiger partial charge in [-0.3, -0.25) is 9.59 Å². The van der Waals surface area contributed by atoms with Gasteiger partial charge in [-0.15, -0.1) is 0 Å². The fourth-order valence-corrected chi connectivity index (χ4v) is 15.6. The first kappa shape index (κ1) is 57.8. The van der Waals surface area contributed by atoms with Crippen LogP contribution in [-0.2, 0) is 39.0 Å². The van der Waals surface area contributed by atoms with Gasteiger partial charge in [0, 0.05) is 102 Å². The normalized spacial score (nSPS) is 13.5. The van der Waals surface area contributed by atoms with Gasteiger partial charge in [0.25, 0.3) is 11.8 Å². The quantitative estimate of drug-likeness (QED) is 0.0979. The molecule has 0 radical (unpaired) electrons. The highest BCUT2D eigenvalue weighted by Crippen LogP contribution is 2.54. The first-order chi connectivity index (χ1) is 44.6. The summed E-state index contributed by atoms with van der Waals surface area (Å²) in [7, 11) is 6.65. The average molecular weight is 1270 g/mol. The summed E-state index contributed by atoms with van der Waals surface area (Å²) >= 11 is 3.73. The largest absolute Gasteiger partial charge is 0.497 e. The molecule has 4 heterocycles. The number of aromatic nitrogens is 2. The summed E-state index contributed by atoms with van der Waals surface area (Å²) in [6.07, 6.45) is 2.85. The minimum atomic E-state index is -0.325. The number of ether oxygens (including phenoxy) is 4. The highest BCUT2D eigenvalue weighted by Gasteiger charge is 2.44. The van der Waals surface area contributed by atoms with Crippen molar-refractivity contribution < 1.29 is 40.2 Å². The molecule has 12 nitrogen and oxygen atoms in total.